The van der Waals surface area contributed by atoms with Crippen molar-refractivity contribution in [2.45, 2.75) is 26.4 Å². The zero-order valence-electron chi connectivity index (χ0n) is 15.2. The van der Waals surface area contributed by atoms with E-state index in [1.54, 1.807) is 0 Å². The van der Waals surface area contributed by atoms with Gasteiger partial charge in [-0.05, 0) is 54.6 Å². The minimum absolute atomic E-state index is 0. The van der Waals surface area contributed by atoms with Crippen molar-refractivity contribution in [3.05, 3.63) is 65.5 Å². The first kappa shape index (κ1) is 17.4. The first-order valence-electron chi connectivity index (χ1n) is 9.16. The van der Waals surface area contributed by atoms with Crippen molar-refractivity contribution in [2.24, 2.45) is 0 Å². The second-order valence-corrected chi connectivity index (χ2v) is 7.22. The summed E-state index contributed by atoms with van der Waals surface area (Å²) in [5.41, 5.74) is 10.5. The zero-order valence-corrected chi connectivity index (χ0v) is 16.8. The molecule has 0 unspecified atom stereocenters. The molecule has 6 rings (SSSR count). The van der Waals surface area contributed by atoms with Crippen LogP contribution in [0, 0.1) is 13.3 Å². The average molecular weight is 460 g/mol. The van der Waals surface area contributed by atoms with Gasteiger partial charge in [-0.3, -0.25) is 0 Å². The number of ether oxygens (including phenoxy) is 1. The van der Waals surface area contributed by atoms with Crippen LogP contribution in [0.3, 0.4) is 0 Å². The molecule has 0 radical (unpaired) electrons. The van der Waals surface area contributed by atoms with E-state index in [1.807, 2.05) is 13.1 Å². The van der Waals surface area contributed by atoms with Crippen LogP contribution in [-0.2, 0) is 39.9 Å². The minimum atomic E-state index is 0. The predicted octanol–water partition coefficient (Wildman–Crippen LogP) is 4.23. The van der Waals surface area contributed by atoms with Crippen molar-refractivity contribution in [1.82, 2.24) is 19.9 Å². The number of imidazole rings is 2. The van der Waals surface area contributed by atoms with E-state index in [4.69, 9.17) is 4.74 Å². The van der Waals surface area contributed by atoms with E-state index in [9.17, 15) is 0 Å². The van der Waals surface area contributed by atoms with E-state index in [0.29, 0.717) is 6.61 Å². The number of nitrogens with one attached hydrogen (secondary N) is 2. The maximum atomic E-state index is 6.13. The topological polar surface area (TPSA) is 66.6 Å². The van der Waals surface area contributed by atoms with Gasteiger partial charge in [-0.25, -0.2) is 4.98 Å². The van der Waals surface area contributed by atoms with Gasteiger partial charge in [-0.1, -0.05) is 41.1 Å². The third-order valence-corrected chi connectivity index (χ3v) is 5.56. The van der Waals surface area contributed by atoms with Crippen molar-refractivity contribution in [2.75, 3.05) is 0 Å². The molecule has 0 bridgehead atoms. The summed E-state index contributed by atoms with van der Waals surface area (Å²) in [6.45, 7) is 2.54. The molecule has 1 aliphatic heterocycles. The smallest absolute Gasteiger partial charge is 0.127 e. The number of fused-ring (bicyclic) bond motifs is 6. The quantitative estimate of drug-likeness (QED) is 0.331. The maximum Gasteiger partial charge on any atom is 0.127 e. The Balaban J connectivity index is 0.00000171. The van der Waals surface area contributed by atoms with Crippen LogP contribution in [0.25, 0.3) is 33.6 Å². The molecule has 0 spiro atoms. The standard InChI is InChI=1S/C22H17N4O.Pd/c1-12-23-9-20(26-12)14-2-4-16-15(6-14)10-27-21-8-17-13(7-18(16)21)3-5-19-22(17)25-11-24-19;/h2,4,6-9H,3,5,10H2,1H3,(H,23,26)(H,24,25);/q-1;. The first-order valence-corrected chi connectivity index (χ1v) is 9.16. The van der Waals surface area contributed by atoms with Crippen molar-refractivity contribution in [1.29, 1.82) is 0 Å². The van der Waals surface area contributed by atoms with Gasteiger partial charge in [0.05, 0.1) is 11.9 Å². The fourth-order valence-corrected chi connectivity index (χ4v) is 4.20. The van der Waals surface area contributed by atoms with Crippen LogP contribution in [0.15, 0.2) is 36.5 Å². The molecular formula is C22H17N4OPd-. The van der Waals surface area contributed by atoms with Gasteiger partial charge >= 0.3 is 0 Å². The van der Waals surface area contributed by atoms with E-state index in [2.05, 4.69) is 56.6 Å². The molecule has 0 fully saturated rings. The third kappa shape index (κ3) is 2.56. The molecule has 1 aliphatic carbocycles. The van der Waals surface area contributed by atoms with E-state index in [1.165, 1.54) is 27.8 Å². The summed E-state index contributed by atoms with van der Waals surface area (Å²) in [5.74, 6) is 1.86. The van der Waals surface area contributed by atoms with E-state index < -0.39 is 0 Å². The predicted molar refractivity (Wildman–Crippen MR) is 102 cm³/mol. The number of rotatable bonds is 1. The minimum Gasteiger partial charge on any atom is -0.488 e. The number of hydrogen-bond donors (Lipinski definition) is 2. The Hall–Kier alpha value is -2.68. The van der Waals surface area contributed by atoms with Gasteiger partial charge in [0, 0.05) is 26.0 Å². The Morgan fingerprint density at radius 3 is 2.82 bits per heavy atom. The molecule has 2 aliphatic rings. The monoisotopic (exact) mass is 459 g/mol. The van der Waals surface area contributed by atoms with Gasteiger partial charge in [-0.15, -0.1) is 0 Å². The molecule has 5 nitrogen and oxygen atoms in total. The van der Waals surface area contributed by atoms with Crippen molar-refractivity contribution >= 4 is 0 Å². The molecule has 0 amide bonds. The average Bonchev–Trinajstić information content (AvgIpc) is 3.35. The van der Waals surface area contributed by atoms with Crippen LogP contribution in [0.5, 0.6) is 5.75 Å². The molecule has 0 saturated carbocycles. The van der Waals surface area contributed by atoms with Crippen LogP contribution in [0.4, 0.5) is 0 Å². The molecule has 0 atom stereocenters. The normalized spacial score (nSPS) is 13.5. The molecular weight excluding hydrogens is 443 g/mol. The Kier molecular flexibility index (Phi) is 4.01. The zero-order chi connectivity index (χ0) is 18.0. The Morgan fingerprint density at radius 2 is 1.96 bits per heavy atom. The SMILES string of the molecule is Cc1ncc(-c2ccc3c(c2)COc2cc4c(cc2-3)CCc2n[c-][nH]c2-4)[nH]1.[Pd]. The van der Waals surface area contributed by atoms with Gasteiger partial charge in [0.25, 0.3) is 0 Å². The van der Waals surface area contributed by atoms with E-state index >= 15 is 0 Å². The number of aromatic nitrogens is 4. The fraction of sp³-hybridized carbons (Fsp3) is 0.182. The van der Waals surface area contributed by atoms with Gasteiger partial charge in [-0.2, -0.15) is 0 Å². The Morgan fingerprint density at radius 1 is 1.04 bits per heavy atom. The second kappa shape index (κ2) is 6.44. The Bertz CT molecular complexity index is 1210. The Labute approximate surface area is 176 Å². The molecule has 142 valence electrons. The van der Waals surface area contributed by atoms with Crippen LogP contribution in [0.2, 0.25) is 0 Å². The number of H-pyrrole nitrogens is 2. The molecule has 2 aromatic carbocycles. The number of nitrogens with zero attached hydrogens (tertiary/aromatic N) is 2. The van der Waals surface area contributed by atoms with Gasteiger partial charge in [0.2, 0.25) is 0 Å². The summed E-state index contributed by atoms with van der Waals surface area (Å²) in [6.07, 6.45) is 6.70. The van der Waals surface area contributed by atoms with E-state index in [-0.39, 0.29) is 20.4 Å². The molecule has 6 heteroatoms. The summed E-state index contributed by atoms with van der Waals surface area (Å²) in [4.78, 5) is 15.1. The second-order valence-electron chi connectivity index (χ2n) is 7.22. The van der Waals surface area contributed by atoms with Crippen molar-refractivity contribution in [3.63, 3.8) is 0 Å². The third-order valence-electron chi connectivity index (χ3n) is 5.56. The summed E-state index contributed by atoms with van der Waals surface area (Å²) >= 11 is 0. The van der Waals surface area contributed by atoms with Gasteiger partial charge < -0.3 is 19.7 Å². The number of aromatic amines is 2. The number of hydrogen-bond acceptors (Lipinski definition) is 3. The molecule has 2 N–H and O–H groups in total. The number of benzene rings is 2. The van der Waals surface area contributed by atoms with Crippen molar-refractivity contribution in [3.8, 4) is 39.4 Å². The summed E-state index contributed by atoms with van der Waals surface area (Å²) in [6, 6.07) is 11.0. The van der Waals surface area contributed by atoms with Crippen molar-refractivity contribution < 1.29 is 25.2 Å². The molecule has 3 heterocycles. The first-order chi connectivity index (χ1) is 13.3. The van der Waals surface area contributed by atoms with Crippen LogP contribution < -0.4 is 4.74 Å². The summed E-state index contributed by atoms with van der Waals surface area (Å²) in [5, 5.41) is 0. The molecule has 0 saturated heterocycles. The number of aryl methyl sites for hydroxylation is 3. The molecule has 4 aromatic rings. The van der Waals surface area contributed by atoms with Gasteiger partial charge in [0.1, 0.15) is 18.2 Å². The summed E-state index contributed by atoms with van der Waals surface area (Å²) in [7, 11) is 0. The largest absolute Gasteiger partial charge is 0.488 e. The molecule has 2 aromatic heterocycles. The fourth-order valence-electron chi connectivity index (χ4n) is 4.20. The van der Waals surface area contributed by atoms with Crippen LogP contribution in [0.1, 0.15) is 22.6 Å². The molecule has 28 heavy (non-hydrogen) atoms. The van der Waals surface area contributed by atoms with Crippen LogP contribution >= 0.6 is 0 Å². The van der Waals surface area contributed by atoms with Gasteiger partial charge in [0.15, 0.2) is 0 Å². The summed E-state index contributed by atoms with van der Waals surface area (Å²) < 4.78 is 6.13. The van der Waals surface area contributed by atoms with E-state index in [0.717, 1.165) is 47.1 Å². The van der Waals surface area contributed by atoms with Crippen LogP contribution in [-0.4, -0.2) is 19.9 Å². The maximum absolute atomic E-state index is 6.13.